The minimum Gasteiger partial charge on any atom is -0.281 e. The number of benzene rings is 3. The quantitative estimate of drug-likeness (QED) is 0.156. The van der Waals surface area contributed by atoms with Gasteiger partial charge in [0, 0.05) is 0 Å². The van der Waals surface area contributed by atoms with Crippen LogP contribution in [0.15, 0.2) is 84.9 Å². The lowest BCUT2D eigenvalue weighted by atomic mass is 10.0. The zero-order chi connectivity index (χ0) is 29.5. The van der Waals surface area contributed by atoms with Crippen LogP contribution in [0.5, 0.6) is 0 Å². The van der Waals surface area contributed by atoms with Crippen LogP contribution in [-0.2, 0) is 10.1 Å². The smallest absolute Gasteiger partial charge is 0.281 e. The second-order valence-electron chi connectivity index (χ2n) is 8.64. The Hall–Kier alpha value is -2.49. The third-order valence-corrected chi connectivity index (χ3v) is 8.98. The lowest BCUT2D eigenvalue weighted by Gasteiger charge is -2.32. The van der Waals surface area contributed by atoms with Gasteiger partial charge in [0.25, 0.3) is 0 Å². The summed E-state index contributed by atoms with van der Waals surface area (Å²) in [7, 11) is -7.29. The molecule has 214 valence electrons. The zero-order valence-corrected chi connectivity index (χ0v) is 22.8. The van der Waals surface area contributed by atoms with Crippen LogP contribution in [0.25, 0.3) is 0 Å². The molecule has 0 fully saturated rings. The van der Waals surface area contributed by atoms with E-state index in [9.17, 15) is 39.2 Å². The predicted molar refractivity (Wildman–Crippen MR) is 141 cm³/mol. The van der Waals surface area contributed by atoms with Crippen LogP contribution in [0.2, 0.25) is 0 Å². The average Bonchev–Trinajstić information content (AvgIpc) is 2.89. The average molecular weight is 597 g/mol. The molecule has 12 heteroatoms. The summed E-state index contributed by atoms with van der Waals surface area (Å²) in [6.45, 7) is 3.55. The molecule has 0 radical (unpaired) electrons. The van der Waals surface area contributed by atoms with Gasteiger partial charge in [-0.05, 0) is 37.2 Å². The lowest BCUT2D eigenvalue weighted by Crippen LogP contribution is -2.61. The van der Waals surface area contributed by atoms with E-state index in [1.807, 2.05) is 0 Å². The van der Waals surface area contributed by atoms with Gasteiger partial charge in [0.2, 0.25) is 0 Å². The Morgan fingerprint density at radius 2 is 1.18 bits per heavy atom. The fraction of sp³-hybridized carbons (Fsp3) is 0.333. The summed E-state index contributed by atoms with van der Waals surface area (Å²) >= 11 is 0. The van der Waals surface area contributed by atoms with E-state index in [0.717, 1.165) is 0 Å². The van der Waals surface area contributed by atoms with Gasteiger partial charge >= 0.3 is 27.2 Å². The third-order valence-electron chi connectivity index (χ3n) is 5.63. The Morgan fingerprint density at radius 3 is 1.56 bits per heavy atom. The molecule has 0 aliphatic rings. The number of hydrogen-bond donors (Lipinski definition) is 1. The summed E-state index contributed by atoms with van der Waals surface area (Å²) < 4.78 is 118. The van der Waals surface area contributed by atoms with Crippen molar-refractivity contribution in [2.75, 3.05) is 0 Å². The molecule has 3 rings (SSSR count). The van der Waals surface area contributed by atoms with Gasteiger partial charge in [-0.2, -0.15) is 34.8 Å². The molecule has 1 unspecified atom stereocenters. The van der Waals surface area contributed by atoms with Gasteiger partial charge < -0.3 is 0 Å². The van der Waals surface area contributed by atoms with Gasteiger partial charge in [-0.25, -0.2) is 4.39 Å². The normalized spacial score (nSPS) is 13.5. The zero-order valence-electron chi connectivity index (χ0n) is 21.0. The molecule has 0 amide bonds. The highest BCUT2D eigenvalue weighted by Crippen LogP contribution is 2.50. The summed E-state index contributed by atoms with van der Waals surface area (Å²) in [6, 6.07) is 30.5. The largest absolute Gasteiger partial charge is 0.438 e. The first-order valence-corrected chi connectivity index (χ1v) is 14.6. The van der Waals surface area contributed by atoms with Gasteiger partial charge in [0.05, 0.1) is 0 Å². The number of aryl methyl sites for hydroxylation is 1. The molecular weight excluding hydrogens is 568 g/mol. The molecule has 0 heterocycles. The van der Waals surface area contributed by atoms with E-state index >= 15 is 0 Å². The Bertz CT molecular complexity index is 1230. The summed E-state index contributed by atoms with van der Waals surface area (Å²) in [5.41, 5.74) is 1.31. The van der Waals surface area contributed by atoms with E-state index in [1.165, 1.54) is 28.4 Å². The molecule has 0 saturated carbocycles. The maximum Gasteiger partial charge on any atom is 0.438 e. The highest BCUT2D eigenvalue weighted by atomic mass is 32.2. The van der Waals surface area contributed by atoms with Crippen molar-refractivity contribution in [3.63, 3.8) is 0 Å². The molecular formula is C27H28F7O3PS. The van der Waals surface area contributed by atoms with Crippen LogP contribution < -0.4 is 15.9 Å². The highest BCUT2D eigenvalue weighted by Gasteiger charge is 2.79. The Balaban J connectivity index is 0.000000274. The van der Waals surface area contributed by atoms with E-state index in [1.54, 1.807) is 0 Å². The van der Waals surface area contributed by atoms with Crippen LogP contribution >= 0.6 is 7.92 Å². The van der Waals surface area contributed by atoms with Gasteiger partial charge in [-0.15, -0.1) is 0 Å². The van der Waals surface area contributed by atoms with Gasteiger partial charge in [-0.3, -0.25) is 4.55 Å². The molecule has 3 aromatic rings. The fourth-order valence-electron chi connectivity index (χ4n) is 3.41. The molecule has 1 atom stereocenters. The van der Waals surface area contributed by atoms with Gasteiger partial charge in [0.15, 0.2) is 6.17 Å². The van der Waals surface area contributed by atoms with Crippen molar-refractivity contribution in [3.8, 4) is 0 Å². The first kappa shape index (κ1) is 32.7. The first-order valence-electron chi connectivity index (χ1n) is 11.8. The Morgan fingerprint density at radius 1 is 0.769 bits per heavy atom. The number of unbranched alkanes of at least 4 members (excludes halogenated alkanes) is 1. The topological polar surface area (TPSA) is 54.4 Å². The maximum atomic E-state index is 13.0. The highest BCUT2D eigenvalue weighted by molar-refractivity contribution is 7.87. The van der Waals surface area contributed by atoms with E-state index < -0.39 is 47.7 Å². The molecule has 3 aromatic carbocycles. The molecule has 0 spiro atoms. The molecule has 0 aliphatic heterocycles. The van der Waals surface area contributed by atoms with E-state index in [0.29, 0.717) is 0 Å². The van der Waals surface area contributed by atoms with Crippen molar-refractivity contribution in [1.82, 2.24) is 0 Å². The number of alkyl halides is 7. The third kappa shape index (κ3) is 7.58. The van der Waals surface area contributed by atoms with Crippen molar-refractivity contribution in [2.45, 2.75) is 56.4 Å². The molecule has 0 aliphatic carbocycles. The van der Waals surface area contributed by atoms with E-state index in [4.69, 9.17) is 4.55 Å². The minimum atomic E-state index is -6.83. The standard InChI is InChI=1S/C19H17P.C8H11F7O3S/c1-16-12-14-19(15-13-16)20(17-8-4-2-5-9-17)18-10-6-3-7-11-18;1-2-3-4-5(9)6(10,11)7(12,13)8(14,15)19(16,17)18/h2-15H,1H3;5H,2-4H2,1H3,(H,16,17,18). The van der Waals surface area contributed by atoms with Crippen LogP contribution in [0.3, 0.4) is 0 Å². The molecule has 39 heavy (non-hydrogen) atoms. The maximum absolute atomic E-state index is 13.0. The van der Waals surface area contributed by atoms with Crippen LogP contribution in [0, 0.1) is 6.92 Å². The van der Waals surface area contributed by atoms with Crippen molar-refractivity contribution >= 4 is 34.0 Å². The second kappa shape index (κ2) is 13.2. The molecule has 3 nitrogen and oxygen atoms in total. The van der Waals surface area contributed by atoms with Crippen molar-refractivity contribution < 1.29 is 43.7 Å². The molecule has 1 N–H and O–H groups in total. The van der Waals surface area contributed by atoms with Gasteiger partial charge in [-0.1, -0.05) is 110 Å². The van der Waals surface area contributed by atoms with Crippen LogP contribution in [0.4, 0.5) is 30.7 Å². The van der Waals surface area contributed by atoms with E-state index in [2.05, 4.69) is 91.9 Å². The summed E-state index contributed by atoms with van der Waals surface area (Å²) in [5.74, 6) is -12.5. The van der Waals surface area contributed by atoms with Crippen molar-refractivity contribution in [1.29, 1.82) is 0 Å². The lowest BCUT2D eigenvalue weighted by molar-refractivity contribution is -0.300. The number of hydrogen-bond acceptors (Lipinski definition) is 2. The molecule has 0 saturated heterocycles. The van der Waals surface area contributed by atoms with Crippen LogP contribution in [0.1, 0.15) is 31.7 Å². The second-order valence-corrected chi connectivity index (χ2v) is 12.3. The SMILES string of the molecule is CCCCC(F)C(F)(F)C(F)(F)C(F)(F)S(=O)(=O)O.Cc1ccc(P(c2ccccc2)c2ccccc2)cc1. The van der Waals surface area contributed by atoms with Crippen LogP contribution in [-0.4, -0.2) is 36.2 Å². The summed E-state index contributed by atoms with van der Waals surface area (Å²) in [6.07, 6.45) is -4.98. The fourth-order valence-corrected chi connectivity index (χ4v) is 6.15. The van der Waals surface area contributed by atoms with Gasteiger partial charge in [0.1, 0.15) is 0 Å². The van der Waals surface area contributed by atoms with Crippen molar-refractivity contribution in [3.05, 3.63) is 90.5 Å². The van der Waals surface area contributed by atoms with E-state index in [-0.39, 0.29) is 12.8 Å². The number of rotatable bonds is 10. The Labute approximate surface area is 224 Å². The van der Waals surface area contributed by atoms with Crippen molar-refractivity contribution in [2.24, 2.45) is 0 Å². The summed E-state index contributed by atoms with van der Waals surface area (Å²) in [5, 5.41) is -2.29. The number of halogens is 7. The summed E-state index contributed by atoms with van der Waals surface area (Å²) in [4.78, 5) is 0. The molecule has 0 bridgehead atoms. The molecule has 0 aromatic heterocycles. The monoisotopic (exact) mass is 596 g/mol. The first-order chi connectivity index (χ1) is 18.1. The predicted octanol–water partition coefficient (Wildman–Crippen LogP) is 7.02. The Kier molecular flexibility index (Phi) is 11.1. The minimum absolute atomic E-state index is 0.136.